The van der Waals surface area contributed by atoms with Crippen molar-refractivity contribution in [2.45, 2.75) is 31.0 Å². The lowest BCUT2D eigenvalue weighted by molar-refractivity contribution is -0.165. The number of cyclic esters (lactones) is 1. The summed E-state index contributed by atoms with van der Waals surface area (Å²) in [6.07, 6.45) is -0.811. The second-order valence-electron chi connectivity index (χ2n) is 6.75. The van der Waals surface area contributed by atoms with Crippen molar-refractivity contribution in [2.75, 3.05) is 13.7 Å². The maximum atomic E-state index is 13.3. The van der Waals surface area contributed by atoms with E-state index in [0.29, 0.717) is 5.02 Å². The lowest BCUT2D eigenvalue weighted by Gasteiger charge is -2.34. The maximum absolute atomic E-state index is 13.3. The van der Waals surface area contributed by atoms with Crippen LogP contribution in [-0.4, -0.2) is 53.3 Å². The quantitative estimate of drug-likeness (QED) is 0.592. The molecule has 3 rings (SSSR count). The molecule has 2 amide bonds. The first kappa shape index (κ1) is 19.4. The van der Waals surface area contributed by atoms with E-state index in [-0.39, 0.29) is 17.3 Å². The van der Waals surface area contributed by atoms with Gasteiger partial charge in [-0.1, -0.05) is 23.7 Å². The number of carbonyl (C=O) groups is 3. The molecule has 0 aromatic heterocycles. The number of ether oxygens (including phenoxy) is 3. The summed E-state index contributed by atoms with van der Waals surface area (Å²) in [4.78, 5) is 39.2. The Hall–Kier alpha value is -2.39. The molecule has 2 heterocycles. The third-order valence-corrected chi connectivity index (χ3v) is 4.90. The number of halogens is 1. The second kappa shape index (κ2) is 6.65. The molecule has 144 valence electrons. The fourth-order valence-corrected chi connectivity index (χ4v) is 3.64. The van der Waals surface area contributed by atoms with Gasteiger partial charge in [-0.25, -0.2) is 14.5 Å². The minimum absolute atomic E-state index is 0.0258. The zero-order valence-electron chi connectivity index (χ0n) is 14.8. The Morgan fingerprint density at radius 2 is 2.11 bits per heavy atom. The van der Waals surface area contributed by atoms with Crippen LogP contribution in [0, 0.1) is 0 Å². The number of methoxy groups -OCH3 is 1. The van der Waals surface area contributed by atoms with Crippen molar-refractivity contribution in [1.82, 2.24) is 10.2 Å². The molecule has 1 aromatic rings. The molecule has 1 aromatic carbocycles. The molecular formula is C17H17ClN2O6S. The lowest BCUT2D eigenvalue weighted by Crippen LogP contribution is -2.60. The van der Waals surface area contributed by atoms with E-state index in [0.717, 1.165) is 12.0 Å². The van der Waals surface area contributed by atoms with Gasteiger partial charge in [-0.15, -0.1) is 0 Å². The van der Waals surface area contributed by atoms with Crippen LogP contribution in [0.25, 0.3) is 0 Å². The van der Waals surface area contributed by atoms with Crippen molar-refractivity contribution in [3.63, 3.8) is 0 Å². The predicted molar refractivity (Wildman–Crippen MR) is 98.0 cm³/mol. The lowest BCUT2D eigenvalue weighted by atomic mass is 9.85. The number of nitrogens with one attached hydrogen (secondary N) is 1. The highest BCUT2D eigenvalue weighted by Crippen LogP contribution is 2.39. The van der Waals surface area contributed by atoms with Gasteiger partial charge in [0, 0.05) is 10.6 Å². The number of hydrogen-bond acceptors (Lipinski definition) is 7. The van der Waals surface area contributed by atoms with E-state index < -0.39 is 35.2 Å². The number of carbonyl (C=O) groups excluding carboxylic acids is 3. The minimum atomic E-state index is -1.94. The molecule has 8 nitrogen and oxygen atoms in total. The fourth-order valence-electron chi connectivity index (χ4n) is 3.20. The van der Waals surface area contributed by atoms with Crippen LogP contribution in [0.2, 0.25) is 5.02 Å². The van der Waals surface area contributed by atoms with Crippen LogP contribution < -0.4 is 5.32 Å². The van der Waals surface area contributed by atoms with Gasteiger partial charge in [0.15, 0.2) is 6.04 Å². The highest BCUT2D eigenvalue weighted by molar-refractivity contribution is 7.80. The van der Waals surface area contributed by atoms with Crippen LogP contribution in [0.3, 0.4) is 0 Å². The van der Waals surface area contributed by atoms with E-state index in [1.54, 1.807) is 32.0 Å². The van der Waals surface area contributed by atoms with Crippen molar-refractivity contribution in [2.24, 2.45) is 0 Å². The van der Waals surface area contributed by atoms with E-state index in [1.165, 1.54) is 6.07 Å². The summed E-state index contributed by atoms with van der Waals surface area (Å²) in [5.41, 5.74) is -2.58. The Morgan fingerprint density at radius 3 is 2.67 bits per heavy atom. The summed E-state index contributed by atoms with van der Waals surface area (Å²) in [6.45, 7) is 3.37. The van der Waals surface area contributed by atoms with Crippen molar-refractivity contribution in [1.29, 1.82) is 0 Å². The third-order valence-electron chi connectivity index (χ3n) is 4.47. The topological polar surface area (TPSA) is 94.2 Å². The van der Waals surface area contributed by atoms with Crippen LogP contribution in [0.15, 0.2) is 24.3 Å². The van der Waals surface area contributed by atoms with Gasteiger partial charge in [-0.3, -0.25) is 4.79 Å². The Balaban J connectivity index is 2.14. The first-order valence-corrected chi connectivity index (χ1v) is 8.77. The smallest absolute Gasteiger partial charge is 0.417 e. The van der Waals surface area contributed by atoms with Gasteiger partial charge in [-0.05, 0) is 38.2 Å². The highest BCUT2D eigenvalue weighted by atomic mass is 35.5. The standard InChI is InChI=1S/C17H17ClN2O6S/c1-16(2)8-25-15(23)20(16)12(21)11-17(13(22)24-3,26-14(27)19-11)9-5-4-6-10(18)7-9/h4-7,11H,8H2,1-3H3,(H,19,27)/t11-,17-/m1/s1. The first-order chi connectivity index (χ1) is 12.6. The number of thiocarbonyl (C=S) groups is 1. The molecule has 2 aliphatic rings. The number of hydrogen-bond donors (Lipinski definition) is 1. The predicted octanol–water partition coefficient (Wildman–Crippen LogP) is 1.74. The van der Waals surface area contributed by atoms with Gasteiger partial charge in [0.05, 0.1) is 12.6 Å². The van der Waals surface area contributed by atoms with E-state index in [9.17, 15) is 14.4 Å². The summed E-state index contributed by atoms with van der Waals surface area (Å²) < 4.78 is 15.5. The van der Waals surface area contributed by atoms with Gasteiger partial charge < -0.3 is 19.5 Å². The zero-order valence-corrected chi connectivity index (χ0v) is 16.3. The van der Waals surface area contributed by atoms with Crippen molar-refractivity contribution in [3.05, 3.63) is 34.9 Å². The minimum Gasteiger partial charge on any atom is -0.466 e. The molecule has 0 bridgehead atoms. The zero-order chi connectivity index (χ0) is 20.0. The molecule has 0 radical (unpaired) electrons. The summed E-state index contributed by atoms with van der Waals surface area (Å²) in [7, 11) is 1.16. The Morgan fingerprint density at radius 1 is 1.41 bits per heavy atom. The third kappa shape index (κ3) is 3.00. The fraction of sp³-hybridized carbons (Fsp3) is 0.412. The molecule has 2 saturated heterocycles. The molecule has 0 unspecified atom stereocenters. The molecule has 2 aliphatic heterocycles. The monoisotopic (exact) mass is 412 g/mol. The van der Waals surface area contributed by atoms with Crippen LogP contribution in [0.4, 0.5) is 4.79 Å². The van der Waals surface area contributed by atoms with Gasteiger partial charge in [-0.2, -0.15) is 0 Å². The van der Waals surface area contributed by atoms with Crippen molar-refractivity contribution < 1.29 is 28.6 Å². The molecule has 0 aliphatic carbocycles. The number of rotatable bonds is 3. The molecule has 10 heteroatoms. The van der Waals surface area contributed by atoms with Crippen LogP contribution in [-0.2, 0) is 29.4 Å². The van der Waals surface area contributed by atoms with Gasteiger partial charge >= 0.3 is 12.1 Å². The average molecular weight is 413 g/mol. The Labute approximate surface area is 165 Å². The first-order valence-electron chi connectivity index (χ1n) is 7.98. The molecule has 0 saturated carbocycles. The molecule has 1 N–H and O–H groups in total. The summed E-state index contributed by atoms with van der Waals surface area (Å²) in [5.74, 6) is -1.59. The number of esters is 1. The summed E-state index contributed by atoms with van der Waals surface area (Å²) >= 11 is 11.1. The molecular weight excluding hydrogens is 396 g/mol. The van der Waals surface area contributed by atoms with Gasteiger partial charge in [0.2, 0.25) is 0 Å². The van der Waals surface area contributed by atoms with Crippen molar-refractivity contribution >= 4 is 47.0 Å². The second-order valence-corrected chi connectivity index (χ2v) is 7.55. The number of benzene rings is 1. The van der Waals surface area contributed by atoms with Gasteiger partial charge in [0.25, 0.3) is 16.7 Å². The van der Waals surface area contributed by atoms with Crippen LogP contribution in [0.5, 0.6) is 0 Å². The summed E-state index contributed by atoms with van der Waals surface area (Å²) in [6, 6.07) is 4.89. The Bertz CT molecular complexity index is 844. The normalized spacial score (nSPS) is 26.2. The Kier molecular flexibility index (Phi) is 4.77. The molecule has 2 atom stereocenters. The van der Waals surface area contributed by atoms with E-state index in [1.807, 2.05) is 0 Å². The highest BCUT2D eigenvalue weighted by Gasteiger charge is 2.62. The van der Waals surface area contributed by atoms with Crippen molar-refractivity contribution in [3.8, 4) is 0 Å². The molecule has 0 spiro atoms. The van der Waals surface area contributed by atoms with Crippen LogP contribution >= 0.6 is 23.8 Å². The number of nitrogens with zero attached hydrogens (tertiary/aromatic N) is 1. The van der Waals surface area contributed by atoms with Crippen LogP contribution in [0.1, 0.15) is 19.4 Å². The largest absolute Gasteiger partial charge is 0.466 e. The van der Waals surface area contributed by atoms with E-state index >= 15 is 0 Å². The molecule has 27 heavy (non-hydrogen) atoms. The molecule has 2 fully saturated rings. The summed E-state index contributed by atoms with van der Waals surface area (Å²) in [5, 5.41) is 2.83. The number of imide groups is 1. The average Bonchev–Trinajstić information content (AvgIpc) is 3.10. The number of amides is 2. The van der Waals surface area contributed by atoms with E-state index in [4.69, 9.17) is 38.0 Å². The van der Waals surface area contributed by atoms with Gasteiger partial charge in [0.1, 0.15) is 6.61 Å². The maximum Gasteiger partial charge on any atom is 0.417 e. The SMILES string of the molecule is COC(=O)[C@]1(c2cccc(Cl)c2)OC(=S)N[C@@H]1C(=O)N1C(=O)OCC1(C)C. The van der Waals surface area contributed by atoms with E-state index in [2.05, 4.69) is 5.32 Å².